The summed E-state index contributed by atoms with van der Waals surface area (Å²) >= 11 is 5.99. The second kappa shape index (κ2) is 12.4. The average Bonchev–Trinajstić information content (AvgIpc) is 2.87. The predicted octanol–water partition coefficient (Wildman–Crippen LogP) is 4.32. The van der Waals surface area contributed by atoms with Crippen LogP contribution >= 0.6 is 11.6 Å². The lowest BCUT2D eigenvalue weighted by atomic mass is 10.1. The van der Waals surface area contributed by atoms with Gasteiger partial charge in [0.2, 0.25) is 9.84 Å². The third-order valence-electron chi connectivity index (χ3n) is 5.74. The first-order chi connectivity index (χ1) is 17.6. The lowest BCUT2D eigenvalue weighted by Crippen LogP contribution is -2.32. The van der Waals surface area contributed by atoms with E-state index in [0.29, 0.717) is 18.0 Å². The number of esters is 1. The van der Waals surface area contributed by atoms with Gasteiger partial charge in [-0.3, -0.25) is 0 Å². The first kappa shape index (κ1) is 28.5. The van der Waals surface area contributed by atoms with E-state index < -0.39 is 27.7 Å². The highest BCUT2D eigenvalue weighted by atomic mass is 35.5. The van der Waals surface area contributed by atoms with E-state index in [4.69, 9.17) is 21.1 Å². The summed E-state index contributed by atoms with van der Waals surface area (Å²) in [4.78, 5) is 11.9. The van der Waals surface area contributed by atoms with E-state index in [2.05, 4.69) is 5.32 Å². The van der Waals surface area contributed by atoms with Crippen LogP contribution in [0.1, 0.15) is 41.4 Å². The minimum atomic E-state index is -4.07. The molecule has 0 saturated heterocycles. The summed E-state index contributed by atoms with van der Waals surface area (Å²) in [5.41, 5.74) is 1.34. The SMILES string of the molecule is CCOC(=O)c1cc(S(=O)(=O)c2ccc(C[C@@H](C)NC[C@H](O)c3cccc(Cl)c3)cc2)c(OC)cc1O. The van der Waals surface area contributed by atoms with Gasteiger partial charge in [0.05, 0.1) is 24.7 Å². The number of benzene rings is 3. The van der Waals surface area contributed by atoms with Gasteiger partial charge in [-0.15, -0.1) is 0 Å². The number of rotatable bonds is 11. The smallest absolute Gasteiger partial charge is 0.341 e. The van der Waals surface area contributed by atoms with Gasteiger partial charge in [0.15, 0.2) is 0 Å². The van der Waals surface area contributed by atoms with Gasteiger partial charge in [-0.1, -0.05) is 35.9 Å². The van der Waals surface area contributed by atoms with Crippen molar-refractivity contribution in [3.8, 4) is 11.5 Å². The number of hydrogen-bond donors (Lipinski definition) is 3. The molecule has 10 heteroatoms. The molecule has 3 rings (SSSR count). The van der Waals surface area contributed by atoms with E-state index in [1.54, 1.807) is 43.3 Å². The minimum Gasteiger partial charge on any atom is -0.507 e. The lowest BCUT2D eigenvalue weighted by molar-refractivity contribution is 0.0522. The van der Waals surface area contributed by atoms with E-state index >= 15 is 0 Å². The third kappa shape index (κ3) is 7.01. The van der Waals surface area contributed by atoms with Crippen molar-refractivity contribution < 1.29 is 32.9 Å². The van der Waals surface area contributed by atoms with Crippen LogP contribution in [0, 0.1) is 0 Å². The predicted molar refractivity (Wildman–Crippen MR) is 140 cm³/mol. The van der Waals surface area contributed by atoms with Crippen molar-refractivity contribution in [3.63, 3.8) is 0 Å². The maximum absolute atomic E-state index is 13.4. The summed E-state index contributed by atoms with van der Waals surface area (Å²) in [5, 5.41) is 24.4. The second-order valence-electron chi connectivity index (χ2n) is 8.47. The molecule has 0 heterocycles. The molecule has 3 aromatic rings. The highest BCUT2D eigenvalue weighted by molar-refractivity contribution is 7.91. The van der Waals surface area contributed by atoms with Crippen molar-refractivity contribution in [2.45, 2.75) is 42.2 Å². The van der Waals surface area contributed by atoms with Gasteiger partial charge < -0.3 is 25.0 Å². The molecule has 0 aliphatic heterocycles. The molecule has 0 bridgehead atoms. The first-order valence-corrected chi connectivity index (χ1v) is 13.5. The Morgan fingerprint density at radius 2 is 1.81 bits per heavy atom. The number of hydrogen-bond acceptors (Lipinski definition) is 8. The van der Waals surface area contributed by atoms with Crippen LogP contribution in [0.3, 0.4) is 0 Å². The summed E-state index contributed by atoms with van der Waals surface area (Å²) in [6.45, 7) is 3.97. The molecule has 0 aromatic heterocycles. The third-order valence-corrected chi connectivity index (χ3v) is 7.76. The van der Waals surface area contributed by atoms with Gasteiger partial charge in [-0.25, -0.2) is 13.2 Å². The molecule has 0 amide bonds. The van der Waals surface area contributed by atoms with Crippen molar-refractivity contribution in [2.75, 3.05) is 20.3 Å². The van der Waals surface area contributed by atoms with Crippen LogP contribution < -0.4 is 10.1 Å². The van der Waals surface area contributed by atoms with Crippen LogP contribution in [-0.4, -0.2) is 50.9 Å². The van der Waals surface area contributed by atoms with Crippen LogP contribution in [0.25, 0.3) is 0 Å². The summed E-state index contributed by atoms with van der Waals surface area (Å²) in [7, 11) is -2.80. The van der Waals surface area contributed by atoms with Gasteiger partial charge in [0.1, 0.15) is 22.0 Å². The zero-order valence-electron chi connectivity index (χ0n) is 20.8. The van der Waals surface area contributed by atoms with Gasteiger partial charge in [-0.05, 0) is 61.7 Å². The average molecular weight is 548 g/mol. The molecule has 37 heavy (non-hydrogen) atoms. The molecule has 3 N–H and O–H groups in total. The number of carbonyl (C=O) groups excluding carboxylic acids is 1. The molecule has 198 valence electrons. The molecule has 0 aliphatic rings. The minimum absolute atomic E-state index is 0.000574. The molecule has 0 fully saturated rings. The molecule has 8 nitrogen and oxygen atoms in total. The Balaban J connectivity index is 1.73. The van der Waals surface area contributed by atoms with Crippen LogP contribution in [0.4, 0.5) is 0 Å². The number of aromatic hydroxyl groups is 1. The molecule has 0 aliphatic carbocycles. The molecule has 0 spiro atoms. The van der Waals surface area contributed by atoms with E-state index in [9.17, 15) is 23.4 Å². The number of phenolic OH excluding ortho intramolecular Hbond substituents is 1. The topological polar surface area (TPSA) is 122 Å². The number of carbonyl (C=O) groups is 1. The lowest BCUT2D eigenvalue weighted by Gasteiger charge is -2.18. The Kier molecular flexibility index (Phi) is 9.56. The number of aliphatic hydroxyl groups is 1. The van der Waals surface area contributed by atoms with E-state index in [-0.39, 0.29) is 33.8 Å². The Labute approximate surface area is 221 Å². The summed E-state index contributed by atoms with van der Waals surface area (Å²) in [6, 6.07) is 15.6. The fourth-order valence-corrected chi connectivity index (χ4v) is 5.42. The molecule has 0 unspecified atom stereocenters. The summed E-state index contributed by atoms with van der Waals surface area (Å²) in [6.07, 6.45) is -0.119. The number of halogens is 1. The van der Waals surface area contributed by atoms with Gasteiger partial charge in [-0.2, -0.15) is 0 Å². The Hall–Kier alpha value is -3.11. The fraction of sp³-hybridized carbons (Fsp3) is 0.296. The highest BCUT2D eigenvalue weighted by Crippen LogP contribution is 2.35. The van der Waals surface area contributed by atoms with Gasteiger partial charge in [0, 0.05) is 23.7 Å². The van der Waals surface area contributed by atoms with Crippen molar-refractivity contribution in [1.29, 1.82) is 0 Å². The molecule has 0 saturated carbocycles. The Bertz CT molecular complexity index is 1340. The fourth-order valence-electron chi connectivity index (χ4n) is 3.79. The van der Waals surface area contributed by atoms with Crippen LogP contribution in [0.15, 0.2) is 70.5 Å². The van der Waals surface area contributed by atoms with E-state index in [1.165, 1.54) is 19.2 Å². The zero-order valence-corrected chi connectivity index (χ0v) is 22.3. The van der Waals surface area contributed by atoms with Crippen molar-refractivity contribution in [1.82, 2.24) is 5.32 Å². The van der Waals surface area contributed by atoms with Gasteiger partial charge in [0.25, 0.3) is 0 Å². The number of methoxy groups -OCH3 is 1. The monoisotopic (exact) mass is 547 g/mol. The number of nitrogens with one attached hydrogen (secondary N) is 1. The van der Waals surface area contributed by atoms with Gasteiger partial charge >= 0.3 is 5.97 Å². The number of sulfone groups is 1. The van der Waals surface area contributed by atoms with Crippen LogP contribution in [-0.2, 0) is 21.0 Å². The summed E-state index contributed by atoms with van der Waals surface area (Å²) < 4.78 is 36.8. The van der Waals surface area contributed by atoms with Crippen molar-refractivity contribution >= 4 is 27.4 Å². The first-order valence-electron chi connectivity index (χ1n) is 11.7. The molecule has 3 aromatic carbocycles. The molecule has 0 radical (unpaired) electrons. The molecule has 2 atom stereocenters. The van der Waals surface area contributed by atoms with E-state index in [1.807, 2.05) is 6.92 Å². The standard InChI is InChI=1S/C27H30ClNO7S/c1-4-36-27(32)22-14-26(25(35-3)15-23(22)30)37(33,34)21-10-8-18(9-11-21)12-17(2)29-16-24(31)19-6-5-7-20(28)13-19/h5-11,13-15,17,24,29-31H,4,12,16H2,1-3H3/t17-,24+/m1/s1. The summed E-state index contributed by atoms with van der Waals surface area (Å²) in [5.74, 6) is -1.37. The number of aliphatic hydroxyl groups excluding tert-OH is 1. The molecular weight excluding hydrogens is 518 g/mol. The quantitative estimate of drug-likeness (QED) is 0.303. The van der Waals surface area contributed by atoms with E-state index in [0.717, 1.165) is 23.3 Å². The highest BCUT2D eigenvalue weighted by Gasteiger charge is 2.27. The number of ether oxygens (including phenoxy) is 2. The molecular formula is C27H30ClNO7S. The number of phenols is 1. The second-order valence-corrected chi connectivity index (χ2v) is 10.8. The Morgan fingerprint density at radius 3 is 2.43 bits per heavy atom. The maximum atomic E-state index is 13.4. The largest absolute Gasteiger partial charge is 0.507 e. The van der Waals surface area contributed by atoms with Crippen LogP contribution in [0.5, 0.6) is 11.5 Å². The van der Waals surface area contributed by atoms with Crippen molar-refractivity contribution in [2.24, 2.45) is 0 Å². The zero-order chi connectivity index (χ0) is 27.2. The van der Waals surface area contributed by atoms with Crippen LogP contribution in [0.2, 0.25) is 5.02 Å². The maximum Gasteiger partial charge on any atom is 0.341 e. The normalized spacial score (nSPS) is 13.1. The Morgan fingerprint density at radius 1 is 1.11 bits per heavy atom. The van der Waals surface area contributed by atoms with Crippen molar-refractivity contribution in [3.05, 3.63) is 82.4 Å².